The fraction of sp³-hybridized carbons (Fsp3) is 0. The number of carbonyl (C=O) groups excluding carboxylic acids is 2. The van der Waals surface area contributed by atoms with Crippen LogP contribution < -0.4 is 22.4 Å². The zero-order valence-electron chi connectivity index (χ0n) is 10.5. The third-order valence-corrected chi connectivity index (χ3v) is 2.21. The molecule has 2 radical (unpaired) electrons. The Hall–Kier alpha value is -2.90. The van der Waals surface area contributed by atoms with Crippen molar-refractivity contribution in [1.29, 1.82) is 0 Å². The molecule has 0 bridgehead atoms. The molecule has 0 heterocycles. The number of nitrogens with two attached hydrogens (primary N) is 2. The predicted molar refractivity (Wildman–Crippen MR) is 78.1 cm³/mol. The number of hydrazone groups is 1. The summed E-state index contributed by atoms with van der Waals surface area (Å²) >= 11 is 0. The first-order chi connectivity index (χ1) is 9.58. The second-order valence-corrected chi connectivity index (χ2v) is 3.57. The summed E-state index contributed by atoms with van der Waals surface area (Å²) in [5, 5.41) is 5.60. The predicted octanol–water partition coefficient (Wildman–Crippen LogP) is -1.39. The van der Waals surface area contributed by atoms with Crippen LogP contribution in [0.15, 0.2) is 46.1 Å². The largest absolute Gasteiger partial charge is 0.365 e. The van der Waals surface area contributed by atoms with Crippen LogP contribution in [0.3, 0.4) is 0 Å². The number of benzene rings is 1. The van der Waals surface area contributed by atoms with Crippen LogP contribution >= 0.6 is 0 Å². The van der Waals surface area contributed by atoms with Gasteiger partial charge in [0.2, 0.25) is 6.41 Å². The van der Waals surface area contributed by atoms with E-state index in [0.29, 0.717) is 17.6 Å². The monoisotopic (exact) mass is 269 g/mol. The van der Waals surface area contributed by atoms with Crippen molar-refractivity contribution in [3.63, 3.8) is 0 Å². The highest BCUT2D eigenvalue weighted by molar-refractivity contribution is 6.45. The van der Waals surface area contributed by atoms with Crippen LogP contribution in [0.1, 0.15) is 0 Å². The number of hydrogen-bond acceptors (Lipinski definition) is 5. The van der Waals surface area contributed by atoms with Gasteiger partial charge in [0, 0.05) is 6.20 Å². The number of carbonyl (C=O) groups is 2. The van der Waals surface area contributed by atoms with E-state index in [9.17, 15) is 9.59 Å². The van der Waals surface area contributed by atoms with Crippen molar-refractivity contribution in [3.05, 3.63) is 36.0 Å². The topological polar surface area (TPSA) is 123 Å². The van der Waals surface area contributed by atoms with Gasteiger partial charge in [0.15, 0.2) is 0 Å². The van der Waals surface area contributed by atoms with Crippen molar-refractivity contribution < 1.29 is 9.59 Å². The molecule has 0 aliphatic carbocycles. The minimum Gasteiger partial charge on any atom is -0.365 e. The number of nitrogens with one attached hydrogen (secondary N) is 1. The van der Waals surface area contributed by atoms with Crippen molar-refractivity contribution in [3.8, 4) is 0 Å². The number of hydrogen-bond donors (Lipinski definition) is 3. The summed E-state index contributed by atoms with van der Waals surface area (Å²) in [6.07, 6.45) is 2.73. The normalized spacial score (nSPS) is 12.4. The van der Waals surface area contributed by atoms with E-state index in [0.717, 1.165) is 6.20 Å². The van der Waals surface area contributed by atoms with Crippen molar-refractivity contribution in [1.82, 2.24) is 5.32 Å². The molecule has 1 aromatic carbocycles. The highest BCUT2D eigenvalue weighted by Crippen LogP contribution is 2.08. The number of primary amides is 1. The standard InChI is InChI=1S/C12H12BN5O2/c13-8-1-3-9(4-2-8)17-6-11(18-15)10(12(14)20)5-16-7-19/h1-7H,15H2,(H2,14,20)(H,16,19)/b10-5-,17-6?,18-11?. The molecule has 0 atom stereocenters. The Balaban J connectivity index is 2.98. The molecular weight excluding hydrogens is 257 g/mol. The first-order valence-corrected chi connectivity index (χ1v) is 5.46. The minimum absolute atomic E-state index is 0.0312. The van der Waals surface area contributed by atoms with E-state index in [1.807, 2.05) is 0 Å². The lowest BCUT2D eigenvalue weighted by molar-refractivity contribution is -0.114. The van der Waals surface area contributed by atoms with E-state index in [1.54, 1.807) is 24.3 Å². The highest BCUT2D eigenvalue weighted by atomic mass is 16.1. The summed E-state index contributed by atoms with van der Waals surface area (Å²) in [4.78, 5) is 25.5. The summed E-state index contributed by atoms with van der Waals surface area (Å²) in [7, 11) is 5.54. The third kappa shape index (κ3) is 4.41. The highest BCUT2D eigenvalue weighted by Gasteiger charge is 2.11. The van der Waals surface area contributed by atoms with E-state index in [4.69, 9.17) is 19.4 Å². The fourth-order valence-corrected chi connectivity index (χ4v) is 1.26. The van der Waals surface area contributed by atoms with E-state index >= 15 is 0 Å². The molecule has 7 nitrogen and oxygen atoms in total. The maximum Gasteiger partial charge on any atom is 0.252 e. The van der Waals surface area contributed by atoms with Crippen LogP contribution in [0.25, 0.3) is 0 Å². The van der Waals surface area contributed by atoms with Gasteiger partial charge in [-0.05, 0) is 12.1 Å². The number of aliphatic imine (C=N–C) groups is 1. The Kier molecular flexibility index (Phi) is 5.70. The molecule has 8 heteroatoms. The SMILES string of the molecule is [B]c1ccc(N=CC(=NN)/C(=C/NC=O)C(N)=O)cc1. The lowest BCUT2D eigenvalue weighted by Crippen LogP contribution is -2.24. The lowest BCUT2D eigenvalue weighted by atomic mass is 9.96. The first kappa shape index (κ1) is 15.2. The van der Waals surface area contributed by atoms with Gasteiger partial charge >= 0.3 is 0 Å². The lowest BCUT2D eigenvalue weighted by Gasteiger charge is -2.02. The van der Waals surface area contributed by atoms with Crippen molar-refractivity contribution in [2.75, 3.05) is 0 Å². The summed E-state index contributed by atoms with van der Waals surface area (Å²) in [6, 6.07) is 6.70. The molecule has 0 fully saturated rings. The summed E-state index contributed by atoms with van der Waals surface area (Å²) in [5.74, 6) is 4.38. The van der Waals surface area contributed by atoms with Gasteiger partial charge in [0.25, 0.3) is 5.91 Å². The second-order valence-electron chi connectivity index (χ2n) is 3.57. The molecule has 20 heavy (non-hydrogen) atoms. The van der Waals surface area contributed by atoms with E-state index in [1.165, 1.54) is 6.21 Å². The van der Waals surface area contributed by atoms with Gasteiger partial charge in [-0.2, -0.15) is 5.10 Å². The van der Waals surface area contributed by atoms with Crippen LogP contribution in [0.5, 0.6) is 0 Å². The molecule has 0 aromatic heterocycles. The number of amides is 2. The molecule has 0 aliphatic heterocycles. The van der Waals surface area contributed by atoms with E-state index in [-0.39, 0.29) is 11.3 Å². The van der Waals surface area contributed by atoms with Crippen molar-refractivity contribution in [2.24, 2.45) is 21.7 Å². The molecule has 1 aromatic rings. The molecule has 5 N–H and O–H groups in total. The van der Waals surface area contributed by atoms with Gasteiger partial charge in [-0.1, -0.05) is 17.6 Å². The molecule has 0 unspecified atom stereocenters. The average molecular weight is 269 g/mol. The maximum atomic E-state index is 11.2. The van der Waals surface area contributed by atoms with E-state index in [2.05, 4.69) is 15.4 Å². The van der Waals surface area contributed by atoms with Gasteiger partial charge in [-0.25, -0.2) is 0 Å². The van der Waals surface area contributed by atoms with Crippen LogP contribution in [-0.2, 0) is 9.59 Å². The van der Waals surface area contributed by atoms with Crippen LogP contribution in [0.4, 0.5) is 5.69 Å². The smallest absolute Gasteiger partial charge is 0.252 e. The Morgan fingerprint density at radius 1 is 1.30 bits per heavy atom. The zero-order valence-corrected chi connectivity index (χ0v) is 10.5. The third-order valence-electron chi connectivity index (χ3n) is 2.21. The first-order valence-electron chi connectivity index (χ1n) is 5.46. The molecular formula is C12H12BN5O2. The van der Waals surface area contributed by atoms with Crippen molar-refractivity contribution >= 4 is 43.2 Å². The molecule has 0 saturated heterocycles. The van der Waals surface area contributed by atoms with Gasteiger partial charge in [-0.15, -0.1) is 0 Å². The average Bonchev–Trinajstić information content (AvgIpc) is 2.44. The molecule has 0 saturated carbocycles. The van der Waals surface area contributed by atoms with Crippen LogP contribution in [-0.4, -0.2) is 32.1 Å². The zero-order chi connectivity index (χ0) is 15.0. The fourth-order valence-electron chi connectivity index (χ4n) is 1.26. The molecule has 2 amide bonds. The number of rotatable bonds is 6. The molecule has 0 aliphatic rings. The van der Waals surface area contributed by atoms with Gasteiger partial charge in [0.1, 0.15) is 13.6 Å². The van der Waals surface area contributed by atoms with Gasteiger partial charge in [-0.3, -0.25) is 14.6 Å². The van der Waals surface area contributed by atoms with Crippen molar-refractivity contribution in [2.45, 2.75) is 0 Å². The molecule has 0 spiro atoms. The van der Waals surface area contributed by atoms with Crippen LogP contribution in [0, 0.1) is 0 Å². The van der Waals surface area contributed by atoms with Gasteiger partial charge in [0.05, 0.1) is 17.5 Å². The Morgan fingerprint density at radius 3 is 2.45 bits per heavy atom. The van der Waals surface area contributed by atoms with Gasteiger partial charge < -0.3 is 16.9 Å². The number of nitrogens with zero attached hydrogens (tertiary/aromatic N) is 2. The molecule has 100 valence electrons. The minimum atomic E-state index is -0.799. The maximum absolute atomic E-state index is 11.2. The summed E-state index contributed by atoms with van der Waals surface area (Å²) < 4.78 is 0. The molecule has 1 rings (SSSR count). The Morgan fingerprint density at radius 2 is 1.95 bits per heavy atom. The summed E-state index contributed by atoms with van der Waals surface area (Å²) in [5.41, 5.74) is 6.32. The van der Waals surface area contributed by atoms with E-state index < -0.39 is 5.91 Å². The van der Waals surface area contributed by atoms with Crippen LogP contribution in [0.2, 0.25) is 0 Å². The Labute approximate surface area is 116 Å². The Bertz CT molecular complexity index is 578. The summed E-state index contributed by atoms with van der Waals surface area (Å²) in [6.45, 7) is 0. The quantitative estimate of drug-likeness (QED) is 0.147. The second kappa shape index (κ2) is 7.52.